The maximum Gasteiger partial charge on any atom is 0.320 e. The lowest BCUT2D eigenvalue weighted by molar-refractivity contribution is -0.138. The number of benzene rings is 1. The van der Waals surface area contributed by atoms with Crippen LogP contribution in [0, 0.1) is 0 Å². The van der Waals surface area contributed by atoms with E-state index >= 15 is 0 Å². The third-order valence-electron chi connectivity index (χ3n) is 2.27. The molecule has 0 radical (unpaired) electrons. The first-order valence-electron chi connectivity index (χ1n) is 5.06. The van der Waals surface area contributed by atoms with Gasteiger partial charge in [0, 0.05) is 6.42 Å². The highest BCUT2D eigenvalue weighted by Gasteiger charge is 2.11. The van der Waals surface area contributed by atoms with Crippen LogP contribution in [0.15, 0.2) is 24.3 Å². The van der Waals surface area contributed by atoms with Crippen molar-refractivity contribution >= 4 is 5.97 Å². The fraction of sp³-hybridized carbons (Fsp3) is 0.364. The van der Waals surface area contributed by atoms with Gasteiger partial charge in [-0.2, -0.15) is 0 Å². The van der Waals surface area contributed by atoms with E-state index < -0.39 is 12.0 Å². The van der Waals surface area contributed by atoms with Gasteiger partial charge in [0.2, 0.25) is 0 Å². The van der Waals surface area contributed by atoms with Crippen LogP contribution in [0.5, 0.6) is 0 Å². The molecule has 0 bridgehead atoms. The zero-order valence-corrected chi connectivity index (χ0v) is 8.97. The lowest BCUT2D eigenvalue weighted by Gasteiger charge is -2.08. The molecule has 1 aromatic rings. The van der Waals surface area contributed by atoms with Gasteiger partial charge in [0.05, 0.1) is 6.17 Å². The Morgan fingerprint density at radius 1 is 1.06 bits per heavy atom. The predicted octanol–water partition coefficient (Wildman–Crippen LogP) is -0.573. The van der Waals surface area contributed by atoms with Crippen LogP contribution in [-0.2, 0) is 17.6 Å². The zero-order valence-electron chi connectivity index (χ0n) is 8.97. The first-order valence-corrected chi connectivity index (χ1v) is 5.06. The van der Waals surface area contributed by atoms with Crippen molar-refractivity contribution in [3.8, 4) is 0 Å². The lowest BCUT2D eigenvalue weighted by Crippen LogP contribution is -2.33. The molecule has 88 valence electrons. The van der Waals surface area contributed by atoms with Crippen LogP contribution < -0.4 is 17.2 Å². The maximum atomic E-state index is 10.6. The van der Waals surface area contributed by atoms with Gasteiger partial charge in [-0.05, 0) is 17.5 Å². The second-order valence-corrected chi connectivity index (χ2v) is 3.83. The molecule has 16 heavy (non-hydrogen) atoms. The molecule has 5 heteroatoms. The van der Waals surface area contributed by atoms with Gasteiger partial charge < -0.3 is 22.3 Å². The van der Waals surface area contributed by atoms with Gasteiger partial charge in [-0.25, -0.2) is 0 Å². The largest absolute Gasteiger partial charge is 0.480 e. The van der Waals surface area contributed by atoms with Crippen molar-refractivity contribution in [3.63, 3.8) is 0 Å². The van der Waals surface area contributed by atoms with Crippen molar-refractivity contribution in [3.05, 3.63) is 35.4 Å². The van der Waals surface area contributed by atoms with E-state index in [9.17, 15) is 4.79 Å². The first-order chi connectivity index (χ1) is 7.49. The van der Waals surface area contributed by atoms with Crippen LogP contribution in [0.1, 0.15) is 11.1 Å². The molecule has 0 aromatic heterocycles. The van der Waals surface area contributed by atoms with Crippen LogP contribution in [0.25, 0.3) is 0 Å². The molecule has 0 aliphatic heterocycles. The number of carboxylic acids is 1. The van der Waals surface area contributed by atoms with E-state index in [0.29, 0.717) is 12.8 Å². The third kappa shape index (κ3) is 3.98. The van der Waals surface area contributed by atoms with Crippen molar-refractivity contribution < 1.29 is 9.90 Å². The Morgan fingerprint density at radius 2 is 1.50 bits per heavy atom. The van der Waals surface area contributed by atoms with E-state index in [1.54, 1.807) is 0 Å². The van der Waals surface area contributed by atoms with Gasteiger partial charge in [0.1, 0.15) is 6.04 Å². The van der Waals surface area contributed by atoms with Crippen LogP contribution in [0.4, 0.5) is 0 Å². The smallest absolute Gasteiger partial charge is 0.320 e. The highest BCUT2D eigenvalue weighted by molar-refractivity contribution is 5.73. The molecular formula is C11H17N3O2. The Bertz CT molecular complexity index is 349. The van der Waals surface area contributed by atoms with E-state index in [1.807, 2.05) is 24.3 Å². The molecule has 0 saturated heterocycles. The van der Waals surface area contributed by atoms with Gasteiger partial charge in [-0.15, -0.1) is 0 Å². The van der Waals surface area contributed by atoms with Gasteiger partial charge in [-0.3, -0.25) is 4.79 Å². The quantitative estimate of drug-likeness (QED) is 0.499. The standard InChI is InChI=1S/C11H17N3O2/c12-9(11(15)16)5-7-1-3-8(4-2-7)6-10(13)14/h1-4,9-10H,5-6,12-14H2,(H,15,16). The Balaban J connectivity index is 2.61. The lowest BCUT2D eigenvalue weighted by atomic mass is 10.0. The minimum absolute atomic E-state index is 0.324. The van der Waals surface area contributed by atoms with Crippen molar-refractivity contribution in [2.24, 2.45) is 17.2 Å². The number of hydrogen-bond acceptors (Lipinski definition) is 4. The van der Waals surface area contributed by atoms with Crippen molar-refractivity contribution in [2.45, 2.75) is 25.0 Å². The minimum Gasteiger partial charge on any atom is -0.480 e. The molecule has 0 heterocycles. The number of rotatable bonds is 5. The normalized spacial score (nSPS) is 12.8. The highest BCUT2D eigenvalue weighted by atomic mass is 16.4. The van der Waals surface area contributed by atoms with Crippen molar-refractivity contribution in [1.29, 1.82) is 0 Å². The summed E-state index contributed by atoms with van der Waals surface area (Å²) in [5.41, 5.74) is 18.3. The highest BCUT2D eigenvalue weighted by Crippen LogP contribution is 2.07. The number of carbonyl (C=O) groups is 1. The van der Waals surface area contributed by atoms with Gasteiger partial charge >= 0.3 is 5.97 Å². The Labute approximate surface area is 94.2 Å². The molecule has 0 aliphatic carbocycles. The Kier molecular flexibility index (Phi) is 4.42. The van der Waals surface area contributed by atoms with Crippen molar-refractivity contribution in [1.82, 2.24) is 0 Å². The summed E-state index contributed by atoms with van der Waals surface area (Å²) in [4.78, 5) is 10.6. The third-order valence-corrected chi connectivity index (χ3v) is 2.27. The molecule has 1 aromatic carbocycles. The summed E-state index contributed by atoms with van der Waals surface area (Å²) in [6, 6.07) is 6.61. The van der Waals surface area contributed by atoms with E-state index in [0.717, 1.165) is 11.1 Å². The molecule has 0 amide bonds. The first kappa shape index (κ1) is 12.6. The Hall–Kier alpha value is -1.43. The average molecular weight is 223 g/mol. The molecule has 1 rings (SSSR count). The van der Waals surface area contributed by atoms with Crippen LogP contribution in [0.2, 0.25) is 0 Å². The summed E-state index contributed by atoms with van der Waals surface area (Å²) in [7, 11) is 0. The van der Waals surface area contributed by atoms with Crippen LogP contribution >= 0.6 is 0 Å². The van der Waals surface area contributed by atoms with Gasteiger partial charge in [-0.1, -0.05) is 24.3 Å². The summed E-state index contributed by atoms with van der Waals surface area (Å²) in [6.07, 6.45) is 0.558. The Morgan fingerprint density at radius 3 is 1.88 bits per heavy atom. The molecule has 0 aliphatic rings. The molecule has 1 atom stereocenters. The van der Waals surface area contributed by atoms with Gasteiger partial charge in [0.15, 0.2) is 0 Å². The van der Waals surface area contributed by atoms with E-state index in [1.165, 1.54) is 0 Å². The summed E-state index contributed by atoms with van der Waals surface area (Å²) < 4.78 is 0. The number of nitrogens with two attached hydrogens (primary N) is 3. The molecular weight excluding hydrogens is 206 g/mol. The van der Waals surface area contributed by atoms with Crippen LogP contribution in [-0.4, -0.2) is 23.3 Å². The fourth-order valence-electron chi connectivity index (χ4n) is 1.42. The van der Waals surface area contributed by atoms with E-state index in [4.69, 9.17) is 22.3 Å². The van der Waals surface area contributed by atoms with E-state index in [2.05, 4.69) is 0 Å². The number of aliphatic carboxylic acids is 1. The topological polar surface area (TPSA) is 115 Å². The minimum atomic E-state index is -0.993. The maximum absolute atomic E-state index is 10.6. The number of hydrogen-bond donors (Lipinski definition) is 4. The molecule has 1 unspecified atom stereocenters. The second-order valence-electron chi connectivity index (χ2n) is 3.83. The zero-order chi connectivity index (χ0) is 12.1. The predicted molar refractivity (Wildman–Crippen MR) is 61.6 cm³/mol. The average Bonchev–Trinajstić information content (AvgIpc) is 2.20. The van der Waals surface area contributed by atoms with Gasteiger partial charge in [0.25, 0.3) is 0 Å². The molecule has 0 saturated carbocycles. The summed E-state index contributed by atoms with van der Waals surface area (Å²) >= 11 is 0. The summed E-state index contributed by atoms with van der Waals surface area (Å²) in [5, 5.41) is 8.66. The monoisotopic (exact) mass is 223 g/mol. The number of carboxylic acid groups (broad SMARTS) is 1. The fourth-order valence-corrected chi connectivity index (χ4v) is 1.42. The van der Waals surface area contributed by atoms with Crippen molar-refractivity contribution in [2.75, 3.05) is 0 Å². The van der Waals surface area contributed by atoms with Crippen LogP contribution in [0.3, 0.4) is 0 Å². The summed E-state index contributed by atoms with van der Waals surface area (Å²) in [5.74, 6) is -0.993. The second kappa shape index (κ2) is 5.60. The SMILES string of the molecule is NC(N)Cc1ccc(CC(N)C(=O)O)cc1. The molecule has 5 nitrogen and oxygen atoms in total. The molecule has 0 spiro atoms. The van der Waals surface area contributed by atoms with E-state index in [-0.39, 0.29) is 6.17 Å². The molecule has 7 N–H and O–H groups in total. The molecule has 0 fully saturated rings. The summed E-state index contributed by atoms with van der Waals surface area (Å²) in [6.45, 7) is 0.